The zero-order valence-electron chi connectivity index (χ0n) is 15.0. The molecule has 1 aliphatic rings. The molecule has 0 saturated heterocycles. The Kier molecular flexibility index (Phi) is 6.41. The van der Waals surface area contributed by atoms with E-state index in [2.05, 4.69) is 38.1 Å². The highest BCUT2D eigenvalue weighted by molar-refractivity contribution is 5.80. The number of carboxylic acids is 1. The van der Waals surface area contributed by atoms with Crippen molar-refractivity contribution in [3.05, 3.63) is 35.4 Å². The van der Waals surface area contributed by atoms with Crippen LogP contribution in [0.2, 0.25) is 0 Å². The summed E-state index contributed by atoms with van der Waals surface area (Å²) in [6.45, 7) is 4.17. The van der Waals surface area contributed by atoms with Gasteiger partial charge in [0.25, 0.3) is 0 Å². The molecule has 3 atom stereocenters. The van der Waals surface area contributed by atoms with Crippen LogP contribution < -0.4 is 0 Å². The van der Waals surface area contributed by atoms with Crippen molar-refractivity contribution in [2.75, 3.05) is 7.05 Å². The Morgan fingerprint density at radius 3 is 2.42 bits per heavy atom. The van der Waals surface area contributed by atoms with Crippen LogP contribution in [0.1, 0.15) is 50.2 Å². The van der Waals surface area contributed by atoms with Gasteiger partial charge in [-0.3, -0.25) is 9.59 Å². The minimum Gasteiger partial charge on any atom is -0.481 e. The van der Waals surface area contributed by atoms with Crippen molar-refractivity contribution in [2.24, 2.45) is 11.8 Å². The predicted molar refractivity (Wildman–Crippen MR) is 94.8 cm³/mol. The zero-order valence-corrected chi connectivity index (χ0v) is 15.0. The van der Waals surface area contributed by atoms with E-state index in [1.165, 1.54) is 11.1 Å². The van der Waals surface area contributed by atoms with Gasteiger partial charge in [0.15, 0.2) is 0 Å². The average Bonchev–Trinajstić information content (AvgIpc) is 2.60. The zero-order chi connectivity index (χ0) is 17.7. The molecular weight excluding hydrogens is 302 g/mol. The molecule has 24 heavy (non-hydrogen) atoms. The van der Waals surface area contributed by atoms with E-state index in [-0.39, 0.29) is 23.8 Å². The van der Waals surface area contributed by atoms with Gasteiger partial charge >= 0.3 is 5.97 Å². The summed E-state index contributed by atoms with van der Waals surface area (Å²) in [4.78, 5) is 25.9. The summed E-state index contributed by atoms with van der Waals surface area (Å²) in [5.74, 6) is -1.16. The van der Waals surface area contributed by atoms with Crippen LogP contribution in [-0.4, -0.2) is 35.0 Å². The fourth-order valence-electron chi connectivity index (χ4n) is 3.66. The van der Waals surface area contributed by atoms with Gasteiger partial charge in [0.1, 0.15) is 0 Å². The third-order valence-corrected chi connectivity index (χ3v) is 5.33. The van der Waals surface area contributed by atoms with Gasteiger partial charge in [-0.25, -0.2) is 0 Å². The summed E-state index contributed by atoms with van der Waals surface area (Å²) < 4.78 is 0. The molecule has 1 aromatic carbocycles. The summed E-state index contributed by atoms with van der Waals surface area (Å²) in [5, 5.41) is 9.22. The summed E-state index contributed by atoms with van der Waals surface area (Å²) in [5.41, 5.74) is 2.47. The molecule has 3 unspecified atom stereocenters. The van der Waals surface area contributed by atoms with E-state index in [1.54, 1.807) is 0 Å². The van der Waals surface area contributed by atoms with Crippen molar-refractivity contribution in [3.8, 4) is 0 Å². The predicted octanol–water partition coefficient (Wildman–Crippen LogP) is 3.67. The molecule has 0 bridgehead atoms. The lowest BCUT2D eigenvalue weighted by Crippen LogP contribution is -2.43. The number of carboxylic acid groups (broad SMARTS) is 1. The fourth-order valence-corrected chi connectivity index (χ4v) is 3.66. The van der Waals surface area contributed by atoms with E-state index in [0.717, 1.165) is 25.7 Å². The number of nitrogens with zero attached hydrogens (tertiary/aromatic N) is 1. The second-order valence-corrected chi connectivity index (χ2v) is 7.10. The van der Waals surface area contributed by atoms with Gasteiger partial charge in [-0.1, -0.05) is 43.2 Å². The molecule has 2 rings (SSSR count). The van der Waals surface area contributed by atoms with E-state index in [1.807, 2.05) is 11.9 Å². The Labute approximate surface area is 144 Å². The number of hydrogen-bond donors (Lipinski definition) is 1. The van der Waals surface area contributed by atoms with Crippen LogP contribution in [0.5, 0.6) is 0 Å². The van der Waals surface area contributed by atoms with Crippen molar-refractivity contribution in [1.29, 1.82) is 0 Å². The third kappa shape index (κ3) is 4.59. The standard InChI is InChI=1S/C20H29NO3/c1-4-18(12-15-10-8-14(2)9-11-15)21(3)19(22)16-6-5-7-17(13-16)20(23)24/h8-11,16-18H,4-7,12-13H2,1-3H3,(H,23,24). The summed E-state index contributed by atoms with van der Waals surface area (Å²) in [6.07, 6.45) is 4.56. The quantitative estimate of drug-likeness (QED) is 0.865. The van der Waals surface area contributed by atoms with Gasteiger partial charge in [0.05, 0.1) is 5.92 Å². The van der Waals surface area contributed by atoms with Crippen LogP contribution in [0.15, 0.2) is 24.3 Å². The smallest absolute Gasteiger partial charge is 0.306 e. The van der Waals surface area contributed by atoms with Crippen LogP contribution in [0.25, 0.3) is 0 Å². The Hall–Kier alpha value is -1.84. The molecule has 0 radical (unpaired) electrons. The second kappa shape index (κ2) is 8.32. The van der Waals surface area contributed by atoms with Crippen LogP contribution in [0.3, 0.4) is 0 Å². The molecule has 0 aromatic heterocycles. The Balaban J connectivity index is 2.01. The first-order valence-corrected chi connectivity index (χ1v) is 8.97. The molecule has 1 aliphatic carbocycles. The van der Waals surface area contributed by atoms with Gasteiger partial charge in [-0.05, 0) is 44.6 Å². The number of aliphatic carboxylic acids is 1. The third-order valence-electron chi connectivity index (χ3n) is 5.33. The molecule has 1 N–H and O–H groups in total. The molecule has 1 fully saturated rings. The number of benzene rings is 1. The Morgan fingerprint density at radius 1 is 1.21 bits per heavy atom. The van der Waals surface area contributed by atoms with E-state index in [4.69, 9.17) is 0 Å². The van der Waals surface area contributed by atoms with Gasteiger partial charge in [0.2, 0.25) is 5.91 Å². The van der Waals surface area contributed by atoms with Crippen LogP contribution >= 0.6 is 0 Å². The maximum atomic E-state index is 12.8. The highest BCUT2D eigenvalue weighted by Crippen LogP contribution is 2.31. The lowest BCUT2D eigenvalue weighted by Gasteiger charge is -2.33. The second-order valence-electron chi connectivity index (χ2n) is 7.10. The number of likely N-dealkylation sites (N-methyl/N-ethyl adjacent to an activating group) is 1. The number of carbonyl (C=O) groups is 2. The van der Waals surface area contributed by atoms with Crippen molar-refractivity contribution in [1.82, 2.24) is 4.90 Å². The Bertz CT molecular complexity index is 567. The van der Waals surface area contributed by atoms with E-state index in [0.29, 0.717) is 12.8 Å². The first-order chi connectivity index (χ1) is 11.4. The first kappa shape index (κ1) is 18.5. The molecule has 1 saturated carbocycles. The highest BCUT2D eigenvalue weighted by atomic mass is 16.4. The number of rotatable bonds is 6. The van der Waals surface area contributed by atoms with Crippen LogP contribution in [0.4, 0.5) is 0 Å². The molecule has 0 heterocycles. The van der Waals surface area contributed by atoms with Crippen LogP contribution in [0, 0.1) is 18.8 Å². The lowest BCUT2D eigenvalue weighted by molar-refractivity contribution is -0.145. The maximum absolute atomic E-state index is 12.8. The van der Waals surface area contributed by atoms with Gasteiger partial charge in [0, 0.05) is 19.0 Å². The fraction of sp³-hybridized carbons (Fsp3) is 0.600. The van der Waals surface area contributed by atoms with Gasteiger partial charge in [-0.2, -0.15) is 0 Å². The van der Waals surface area contributed by atoms with E-state index >= 15 is 0 Å². The number of aryl methyl sites for hydroxylation is 1. The van der Waals surface area contributed by atoms with Crippen molar-refractivity contribution >= 4 is 11.9 Å². The first-order valence-electron chi connectivity index (χ1n) is 8.97. The van der Waals surface area contributed by atoms with E-state index in [9.17, 15) is 14.7 Å². The minimum atomic E-state index is -0.762. The molecular formula is C20H29NO3. The topological polar surface area (TPSA) is 57.6 Å². The molecule has 4 nitrogen and oxygen atoms in total. The molecule has 4 heteroatoms. The highest BCUT2D eigenvalue weighted by Gasteiger charge is 2.33. The minimum absolute atomic E-state index is 0.111. The molecule has 132 valence electrons. The SMILES string of the molecule is CCC(Cc1ccc(C)cc1)N(C)C(=O)C1CCCC(C(=O)O)C1. The Morgan fingerprint density at radius 2 is 1.83 bits per heavy atom. The molecule has 0 aliphatic heterocycles. The number of hydrogen-bond acceptors (Lipinski definition) is 2. The van der Waals surface area contributed by atoms with Gasteiger partial charge in [-0.15, -0.1) is 0 Å². The molecule has 1 aromatic rings. The molecule has 0 spiro atoms. The van der Waals surface area contributed by atoms with Crippen molar-refractivity contribution in [3.63, 3.8) is 0 Å². The summed E-state index contributed by atoms with van der Waals surface area (Å²) in [6, 6.07) is 8.60. The number of amides is 1. The maximum Gasteiger partial charge on any atom is 0.306 e. The van der Waals surface area contributed by atoms with E-state index < -0.39 is 5.97 Å². The summed E-state index contributed by atoms with van der Waals surface area (Å²) >= 11 is 0. The van der Waals surface area contributed by atoms with Crippen molar-refractivity contribution in [2.45, 2.75) is 58.4 Å². The monoisotopic (exact) mass is 331 g/mol. The average molecular weight is 331 g/mol. The number of carbonyl (C=O) groups excluding carboxylic acids is 1. The normalized spacial score (nSPS) is 22.0. The molecule has 1 amide bonds. The van der Waals surface area contributed by atoms with Gasteiger partial charge < -0.3 is 10.0 Å². The summed E-state index contributed by atoms with van der Waals surface area (Å²) in [7, 11) is 1.87. The lowest BCUT2D eigenvalue weighted by atomic mass is 9.80. The van der Waals surface area contributed by atoms with Crippen molar-refractivity contribution < 1.29 is 14.7 Å². The van der Waals surface area contributed by atoms with Crippen LogP contribution in [-0.2, 0) is 16.0 Å². The largest absolute Gasteiger partial charge is 0.481 e.